The molecule has 0 bridgehead atoms. The van der Waals surface area contributed by atoms with Crippen LogP contribution < -0.4 is 5.46 Å². The average molecular weight is 609 g/mol. The van der Waals surface area contributed by atoms with Crippen molar-refractivity contribution in [3.8, 4) is 22.4 Å². The second-order valence-electron chi connectivity index (χ2n) is 13.6. The van der Waals surface area contributed by atoms with Crippen molar-refractivity contribution >= 4 is 66.7 Å². The van der Waals surface area contributed by atoms with E-state index in [-0.39, 0.29) is 0 Å². The number of nitrogens with zero attached hydrogens (tertiary/aromatic N) is 2. The molecule has 0 aliphatic carbocycles. The van der Waals surface area contributed by atoms with Gasteiger partial charge in [0.15, 0.2) is 0 Å². The molecule has 1 aliphatic rings. The smallest absolute Gasteiger partial charge is 0.399 e. The number of fused-ring (bicyclic) bond motifs is 7. The average Bonchev–Trinajstić information content (AvgIpc) is 3.31. The van der Waals surface area contributed by atoms with Gasteiger partial charge in [0.25, 0.3) is 0 Å². The van der Waals surface area contributed by atoms with E-state index in [1.807, 2.05) is 18.3 Å². The normalized spacial score (nSPS) is 15.8. The van der Waals surface area contributed by atoms with Gasteiger partial charge in [0.2, 0.25) is 0 Å². The fraction of sp³-hybridized carbons (Fsp3) is 0.143. The summed E-state index contributed by atoms with van der Waals surface area (Å²) in [5, 5.41) is 9.02. The van der Waals surface area contributed by atoms with Gasteiger partial charge in [-0.2, -0.15) is 0 Å². The minimum Gasteiger partial charge on any atom is -0.399 e. The largest absolute Gasteiger partial charge is 0.496 e. The lowest BCUT2D eigenvalue weighted by Crippen LogP contribution is -2.41. The first-order chi connectivity index (χ1) is 22.8. The third kappa shape index (κ3) is 4.24. The summed E-state index contributed by atoms with van der Waals surface area (Å²) in [6.45, 7) is 8.44. The highest BCUT2D eigenvalue weighted by Gasteiger charge is 2.52. The number of hydrogen-bond donors (Lipinski definition) is 0. The lowest BCUT2D eigenvalue weighted by atomic mass is 9.71. The summed E-state index contributed by atoms with van der Waals surface area (Å²) < 4.78 is 13.3. The Bertz CT molecular complexity index is 2470. The molecule has 0 atom stereocenters. The fourth-order valence-electron chi connectivity index (χ4n) is 7.29. The molecule has 8 aromatic rings. The number of benzene rings is 6. The Hall–Kier alpha value is -5.10. The van der Waals surface area contributed by atoms with Crippen LogP contribution in [0.5, 0.6) is 0 Å². The molecule has 3 heterocycles. The van der Waals surface area contributed by atoms with Crippen molar-refractivity contribution in [3.05, 3.63) is 128 Å². The molecule has 2 aromatic heterocycles. The van der Waals surface area contributed by atoms with Gasteiger partial charge in [-0.1, -0.05) is 109 Å². The van der Waals surface area contributed by atoms with Crippen molar-refractivity contribution in [3.63, 3.8) is 0 Å². The number of rotatable bonds is 3. The highest BCUT2D eigenvalue weighted by molar-refractivity contribution is 6.69. The summed E-state index contributed by atoms with van der Waals surface area (Å²) >= 11 is 0. The van der Waals surface area contributed by atoms with E-state index in [4.69, 9.17) is 19.3 Å². The third-order valence-corrected chi connectivity index (χ3v) is 10.3. The van der Waals surface area contributed by atoms with Gasteiger partial charge < -0.3 is 9.31 Å². The van der Waals surface area contributed by atoms with Crippen LogP contribution in [0.1, 0.15) is 27.7 Å². The molecule has 5 heteroatoms. The Balaban J connectivity index is 1.35. The van der Waals surface area contributed by atoms with Crippen molar-refractivity contribution in [1.82, 2.24) is 9.97 Å². The number of aromatic nitrogens is 2. The topological polar surface area (TPSA) is 44.2 Å². The zero-order valence-corrected chi connectivity index (χ0v) is 26.9. The Kier molecular flexibility index (Phi) is 6.11. The molecular formula is C42H33BN2O2. The molecule has 47 heavy (non-hydrogen) atoms. The van der Waals surface area contributed by atoms with Crippen LogP contribution in [-0.2, 0) is 9.31 Å². The van der Waals surface area contributed by atoms with Crippen LogP contribution in [0.2, 0.25) is 0 Å². The van der Waals surface area contributed by atoms with Crippen molar-refractivity contribution in [1.29, 1.82) is 0 Å². The minimum atomic E-state index is -0.484. The highest BCUT2D eigenvalue weighted by Crippen LogP contribution is 2.42. The summed E-state index contributed by atoms with van der Waals surface area (Å²) in [6, 6.07) is 42.9. The van der Waals surface area contributed by atoms with Crippen LogP contribution in [0.25, 0.3) is 76.5 Å². The molecule has 226 valence electrons. The molecule has 0 amide bonds. The zero-order valence-electron chi connectivity index (χ0n) is 26.9. The van der Waals surface area contributed by atoms with E-state index < -0.39 is 18.3 Å². The van der Waals surface area contributed by atoms with Crippen LogP contribution in [0, 0.1) is 0 Å². The van der Waals surface area contributed by atoms with Crippen molar-refractivity contribution < 1.29 is 9.31 Å². The summed E-state index contributed by atoms with van der Waals surface area (Å²) in [5.41, 5.74) is 6.46. The van der Waals surface area contributed by atoms with Crippen LogP contribution in [0.3, 0.4) is 0 Å². The van der Waals surface area contributed by atoms with Crippen LogP contribution in [0.15, 0.2) is 128 Å². The molecule has 0 N–H and O–H groups in total. The highest BCUT2D eigenvalue weighted by atomic mass is 16.7. The maximum Gasteiger partial charge on any atom is 0.496 e. The van der Waals surface area contributed by atoms with Crippen LogP contribution in [-0.4, -0.2) is 28.3 Å². The zero-order chi connectivity index (χ0) is 31.9. The summed E-state index contributed by atoms with van der Waals surface area (Å²) in [7, 11) is -0.484. The summed E-state index contributed by atoms with van der Waals surface area (Å²) in [6.07, 6.45) is 1.88. The quantitative estimate of drug-likeness (QED) is 0.114. The third-order valence-electron chi connectivity index (χ3n) is 10.3. The van der Waals surface area contributed by atoms with E-state index in [1.54, 1.807) is 0 Å². The number of hydrogen-bond acceptors (Lipinski definition) is 4. The Morgan fingerprint density at radius 3 is 1.85 bits per heavy atom. The number of pyridine rings is 2. The molecule has 0 unspecified atom stereocenters. The Labute approximate surface area is 274 Å². The molecular weight excluding hydrogens is 575 g/mol. The van der Waals surface area contributed by atoms with Crippen molar-refractivity contribution in [2.24, 2.45) is 0 Å². The van der Waals surface area contributed by atoms with Gasteiger partial charge in [0, 0.05) is 33.3 Å². The van der Waals surface area contributed by atoms with Crippen molar-refractivity contribution in [2.45, 2.75) is 38.9 Å². The molecule has 0 radical (unpaired) electrons. The molecule has 1 saturated heterocycles. The molecule has 1 aliphatic heterocycles. The van der Waals surface area contributed by atoms with E-state index in [1.165, 1.54) is 5.56 Å². The standard InChI is InChI=1S/C42H33BN2O2/c1-41(2)42(3,4)47-43(46-41)38-31-18-10-8-16-29(31)36(30-17-9-11-19-32(30)38)28-21-22-33-35(25-28)45-39(26-13-6-5-7-14-26)34-23-20-27-15-12-24-44-40(27)37(33)34/h5-25H,1-4H3. The van der Waals surface area contributed by atoms with Crippen LogP contribution >= 0.6 is 0 Å². The first kappa shape index (κ1) is 28.2. The van der Waals surface area contributed by atoms with Gasteiger partial charge in [-0.3, -0.25) is 4.98 Å². The summed E-state index contributed by atoms with van der Waals surface area (Å²) in [4.78, 5) is 10.2. The maximum atomic E-state index is 6.66. The van der Waals surface area contributed by atoms with Gasteiger partial charge >= 0.3 is 7.12 Å². The fourth-order valence-corrected chi connectivity index (χ4v) is 7.29. The van der Waals surface area contributed by atoms with Gasteiger partial charge in [-0.15, -0.1) is 0 Å². The first-order valence-corrected chi connectivity index (χ1v) is 16.3. The van der Waals surface area contributed by atoms with Crippen LogP contribution in [0.4, 0.5) is 0 Å². The predicted molar refractivity (Wildman–Crippen MR) is 196 cm³/mol. The van der Waals surface area contributed by atoms with Gasteiger partial charge in [-0.25, -0.2) is 4.98 Å². The van der Waals surface area contributed by atoms with E-state index in [0.29, 0.717) is 0 Å². The lowest BCUT2D eigenvalue weighted by Gasteiger charge is -2.32. The monoisotopic (exact) mass is 608 g/mol. The van der Waals surface area contributed by atoms with Crippen molar-refractivity contribution in [2.75, 3.05) is 0 Å². The van der Waals surface area contributed by atoms with Gasteiger partial charge in [0.1, 0.15) is 0 Å². The van der Waals surface area contributed by atoms with E-state index in [2.05, 4.69) is 137 Å². The molecule has 0 spiro atoms. The van der Waals surface area contributed by atoms with E-state index in [0.717, 1.165) is 76.4 Å². The minimum absolute atomic E-state index is 0.444. The van der Waals surface area contributed by atoms with E-state index >= 15 is 0 Å². The summed E-state index contributed by atoms with van der Waals surface area (Å²) in [5.74, 6) is 0. The SMILES string of the molecule is CC1(C)OB(c2c3ccccc3c(-c3ccc4c(c3)nc(-c3ccccc3)c3ccc5cccnc5c34)c3ccccc23)OC1(C)C. The Morgan fingerprint density at radius 1 is 0.553 bits per heavy atom. The molecule has 9 rings (SSSR count). The second-order valence-corrected chi connectivity index (χ2v) is 13.6. The first-order valence-electron chi connectivity index (χ1n) is 16.3. The molecule has 4 nitrogen and oxygen atoms in total. The Morgan fingerprint density at radius 2 is 1.17 bits per heavy atom. The lowest BCUT2D eigenvalue weighted by molar-refractivity contribution is 0.00578. The molecule has 1 fully saturated rings. The second kappa shape index (κ2) is 10.2. The maximum absolute atomic E-state index is 6.66. The molecule has 6 aromatic carbocycles. The molecule has 0 saturated carbocycles. The van der Waals surface area contributed by atoms with Gasteiger partial charge in [0.05, 0.1) is 27.9 Å². The predicted octanol–water partition coefficient (Wildman–Crippen LogP) is 9.88. The van der Waals surface area contributed by atoms with Gasteiger partial charge in [-0.05, 0) is 78.0 Å². The van der Waals surface area contributed by atoms with E-state index in [9.17, 15) is 0 Å².